The number of carbonyl (C=O) groups excluding carboxylic acids is 1. The lowest BCUT2D eigenvalue weighted by Crippen LogP contribution is -2.33. The molecule has 1 atom stereocenters. The highest BCUT2D eigenvalue weighted by Gasteiger charge is 2.13. The highest BCUT2D eigenvalue weighted by atomic mass is 16.5. The Morgan fingerprint density at radius 1 is 1.33 bits per heavy atom. The maximum atomic E-state index is 11.1. The van der Waals surface area contributed by atoms with E-state index < -0.39 is 12.0 Å². The number of benzene rings is 1. The van der Waals surface area contributed by atoms with Gasteiger partial charge in [0, 0.05) is 0 Å². The minimum atomic E-state index is -0.608. The van der Waals surface area contributed by atoms with E-state index in [1.807, 2.05) is 24.3 Å². The highest BCUT2D eigenvalue weighted by Crippen LogP contribution is 2.12. The average molecular weight is 209 g/mol. The predicted molar refractivity (Wildman–Crippen MR) is 56.7 cm³/mol. The number of methoxy groups -OCH3 is 2. The largest absolute Gasteiger partial charge is 0.497 e. The first-order chi connectivity index (χ1) is 7.17. The molecule has 0 heterocycles. The summed E-state index contributed by atoms with van der Waals surface area (Å²) in [6.45, 7) is 0. The topological polar surface area (TPSA) is 61.5 Å². The summed E-state index contributed by atoms with van der Waals surface area (Å²) >= 11 is 0. The molecule has 0 saturated heterocycles. The summed E-state index contributed by atoms with van der Waals surface area (Å²) in [6, 6.07) is 6.81. The normalized spacial score (nSPS) is 11.9. The summed E-state index contributed by atoms with van der Waals surface area (Å²) in [5.41, 5.74) is 6.60. The van der Waals surface area contributed by atoms with Gasteiger partial charge in [-0.1, -0.05) is 12.1 Å². The lowest BCUT2D eigenvalue weighted by Gasteiger charge is -2.09. The molecule has 1 unspecified atom stereocenters. The second kappa shape index (κ2) is 5.36. The van der Waals surface area contributed by atoms with Gasteiger partial charge in [-0.15, -0.1) is 0 Å². The van der Waals surface area contributed by atoms with E-state index >= 15 is 0 Å². The zero-order valence-corrected chi connectivity index (χ0v) is 8.90. The van der Waals surface area contributed by atoms with Gasteiger partial charge < -0.3 is 15.2 Å². The summed E-state index contributed by atoms with van der Waals surface area (Å²) in [5, 5.41) is 0. The zero-order chi connectivity index (χ0) is 11.3. The quantitative estimate of drug-likeness (QED) is 0.743. The fraction of sp³-hybridized carbons (Fsp3) is 0.364. The summed E-state index contributed by atoms with van der Waals surface area (Å²) in [5.74, 6) is 0.385. The average Bonchev–Trinajstić information content (AvgIpc) is 2.29. The molecule has 1 rings (SSSR count). The van der Waals surface area contributed by atoms with Gasteiger partial charge in [0.25, 0.3) is 0 Å². The van der Waals surface area contributed by atoms with Crippen molar-refractivity contribution in [2.45, 2.75) is 12.5 Å². The number of ether oxygens (including phenoxy) is 2. The van der Waals surface area contributed by atoms with Crippen LogP contribution in [0, 0.1) is 0 Å². The fourth-order valence-corrected chi connectivity index (χ4v) is 1.25. The van der Waals surface area contributed by atoms with Crippen LogP contribution in [-0.2, 0) is 16.0 Å². The van der Waals surface area contributed by atoms with Crippen molar-refractivity contribution in [3.05, 3.63) is 29.8 Å². The fourth-order valence-electron chi connectivity index (χ4n) is 1.25. The third kappa shape index (κ3) is 3.25. The molecule has 0 aliphatic carbocycles. The molecule has 0 aromatic heterocycles. The van der Waals surface area contributed by atoms with Gasteiger partial charge in [0.05, 0.1) is 14.2 Å². The standard InChI is InChI=1S/C11H15NO3/c1-14-9-5-3-8(4-6-9)7-10(12)11(13)15-2/h3-6,10H,7,12H2,1-2H3. The van der Waals surface area contributed by atoms with Gasteiger partial charge in [0.2, 0.25) is 0 Å². The van der Waals surface area contributed by atoms with Crippen molar-refractivity contribution < 1.29 is 14.3 Å². The first-order valence-electron chi connectivity index (χ1n) is 4.63. The Kier molecular flexibility index (Phi) is 4.12. The third-order valence-electron chi connectivity index (χ3n) is 2.12. The van der Waals surface area contributed by atoms with Gasteiger partial charge in [-0.3, -0.25) is 4.79 Å². The van der Waals surface area contributed by atoms with Crippen LogP contribution in [-0.4, -0.2) is 26.2 Å². The number of rotatable bonds is 4. The summed E-state index contributed by atoms with van der Waals surface area (Å²) in [7, 11) is 2.94. The summed E-state index contributed by atoms with van der Waals surface area (Å²) in [4.78, 5) is 11.1. The Morgan fingerprint density at radius 3 is 2.40 bits per heavy atom. The van der Waals surface area contributed by atoms with E-state index in [2.05, 4.69) is 4.74 Å². The van der Waals surface area contributed by atoms with Gasteiger partial charge in [-0.25, -0.2) is 0 Å². The minimum Gasteiger partial charge on any atom is -0.497 e. The van der Waals surface area contributed by atoms with Gasteiger partial charge >= 0.3 is 5.97 Å². The van der Waals surface area contributed by atoms with E-state index in [0.29, 0.717) is 6.42 Å². The van der Waals surface area contributed by atoms with Crippen LogP contribution in [0.2, 0.25) is 0 Å². The second-order valence-corrected chi connectivity index (χ2v) is 3.18. The summed E-state index contributed by atoms with van der Waals surface area (Å²) < 4.78 is 9.56. The Morgan fingerprint density at radius 2 is 1.93 bits per heavy atom. The van der Waals surface area contributed by atoms with E-state index in [-0.39, 0.29) is 0 Å². The molecule has 2 N–H and O–H groups in total. The predicted octanol–water partition coefficient (Wildman–Crippen LogP) is 0.738. The van der Waals surface area contributed by atoms with Crippen LogP contribution in [0.25, 0.3) is 0 Å². The van der Waals surface area contributed by atoms with Crippen molar-refractivity contribution >= 4 is 5.97 Å². The van der Waals surface area contributed by atoms with Crippen LogP contribution in [0.4, 0.5) is 0 Å². The van der Waals surface area contributed by atoms with Crippen LogP contribution in [0.5, 0.6) is 5.75 Å². The molecule has 0 saturated carbocycles. The Bertz CT molecular complexity index is 321. The molecule has 82 valence electrons. The molecule has 0 radical (unpaired) electrons. The zero-order valence-electron chi connectivity index (χ0n) is 8.90. The lowest BCUT2D eigenvalue weighted by atomic mass is 10.1. The van der Waals surface area contributed by atoms with Crippen LogP contribution < -0.4 is 10.5 Å². The van der Waals surface area contributed by atoms with E-state index in [1.54, 1.807) is 7.11 Å². The van der Waals surface area contributed by atoms with Crippen LogP contribution >= 0.6 is 0 Å². The highest BCUT2D eigenvalue weighted by molar-refractivity contribution is 5.75. The van der Waals surface area contributed by atoms with Crippen molar-refractivity contribution in [2.75, 3.05) is 14.2 Å². The number of hydrogen-bond acceptors (Lipinski definition) is 4. The first kappa shape index (κ1) is 11.5. The molecule has 0 spiro atoms. The third-order valence-corrected chi connectivity index (χ3v) is 2.12. The molecule has 0 amide bonds. The van der Waals surface area contributed by atoms with Gasteiger partial charge in [0.1, 0.15) is 11.8 Å². The molecule has 15 heavy (non-hydrogen) atoms. The summed E-state index contributed by atoms with van der Waals surface area (Å²) in [6.07, 6.45) is 0.469. The minimum absolute atomic E-state index is 0.397. The molecule has 1 aromatic rings. The maximum absolute atomic E-state index is 11.1. The number of carbonyl (C=O) groups is 1. The van der Waals surface area contributed by atoms with Gasteiger partial charge in [-0.2, -0.15) is 0 Å². The first-order valence-corrected chi connectivity index (χ1v) is 4.63. The Balaban J connectivity index is 2.60. The van der Waals surface area contributed by atoms with Gasteiger partial charge in [-0.05, 0) is 24.1 Å². The van der Waals surface area contributed by atoms with Crippen molar-refractivity contribution in [1.29, 1.82) is 0 Å². The van der Waals surface area contributed by atoms with E-state index in [1.165, 1.54) is 7.11 Å². The monoisotopic (exact) mass is 209 g/mol. The Hall–Kier alpha value is -1.55. The van der Waals surface area contributed by atoms with Crippen molar-refractivity contribution in [1.82, 2.24) is 0 Å². The van der Waals surface area contributed by atoms with Crippen molar-refractivity contribution in [3.8, 4) is 5.75 Å². The van der Waals surface area contributed by atoms with E-state index in [0.717, 1.165) is 11.3 Å². The van der Waals surface area contributed by atoms with Crippen LogP contribution in [0.15, 0.2) is 24.3 Å². The van der Waals surface area contributed by atoms with Crippen molar-refractivity contribution in [2.24, 2.45) is 5.73 Å². The lowest BCUT2D eigenvalue weighted by molar-refractivity contribution is -0.142. The van der Waals surface area contributed by atoms with E-state index in [4.69, 9.17) is 10.5 Å². The van der Waals surface area contributed by atoms with Crippen molar-refractivity contribution in [3.63, 3.8) is 0 Å². The van der Waals surface area contributed by atoms with Crippen LogP contribution in [0.3, 0.4) is 0 Å². The molecule has 0 bridgehead atoms. The second-order valence-electron chi connectivity index (χ2n) is 3.18. The molecule has 4 nitrogen and oxygen atoms in total. The maximum Gasteiger partial charge on any atom is 0.322 e. The molecular weight excluding hydrogens is 194 g/mol. The van der Waals surface area contributed by atoms with E-state index in [9.17, 15) is 4.79 Å². The smallest absolute Gasteiger partial charge is 0.322 e. The molecule has 0 fully saturated rings. The SMILES string of the molecule is COC(=O)C(N)Cc1ccc(OC)cc1. The number of hydrogen-bond donors (Lipinski definition) is 1. The van der Waals surface area contributed by atoms with Gasteiger partial charge in [0.15, 0.2) is 0 Å². The number of nitrogens with two attached hydrogens (primary N) is 1. The Labute approximate surface area is 89.0 Å². The molecule has 0 aliphatic rings. The molecule has 4 heteroatoms. The molecular formula is C11H15NO3. The molecule has 0 aliphatic heterocycles. The van der Waals surface area contributed by atoms with Crippen LogP contribution in [0.1, 0.15) is 5.56 Å². The number of esters is 1. The molecule has 1 aromatic carbocycles.